The molecule has 0 aromatic carbocycles. The fourth-order valence-corrected chi connectivity index (χ4v) is 1.08. The van der Waals surface area contributed by atoms with E-state index >= 15 is 0 Å². The first kappa shape index (κ1) is 8.23. The Bertz CT molecular complexity index is 472. The monoisotopic (exact) mass is 194 g/mol. The number of H-pyrrole nitrogens is 2. The Morgan fingerprint density at radius 3 is 2.86 bits per heavy atom. The summed E-state index contributed by atoms with van der Waals surface area (Å²) in [7, 11) is 0. The molecule has 2 aromatic heterocycles. The molecule has 0 bridgehead atoms. The van der Waals surface area contributed by atoms with Crippen molar-refractivity contribution in [3.63, 3.8) is 0 Å². The first-order valence-electron chi connectivity index (χ1n) is 3.67. The lowest BCUT2D eigenvalue weighted by molar-refractivity contribution is -0.384. The van der Waals surface area contributed by atoms with Gasteiger partial charge in [-0.25, -0.2) is 4.98 Å². The molecule has 0 saturated carbocycles. The van der Waals surface area contributed by atoms with E-state index in [1.807, 2.05) is 0 Å². The van der Waals surface area contributed by atoms with Crippen LogP contribution in [-0.4, -0.2) is 25.1 Å². The zero-order chi connectivity index (χ0) is 10.1. The molecule has 72 valence electrons. The molecule has 2 aromatic rings. The van der Waals surface area contributed by atoms with Crippen LogP contribution in [0.5, 0.6) is 0 Å². The van der Waals surface area contributed by atoms with E-state index in [4.69, 9.17) is 5.73 Å². The largest absolute Gasteiger partial charge is 0.369 e. The van der Waals surface area contributed by atoms with Gasteiger partial charge in [-0.3, -0.25) is 15.2 Å². The number of imidazole rings is 1. The van der Waals surface area contributed by atoms with Gasteiger partial charge in [-0.2, -0.15) is 5.10 Å². The van der Waals surface area contributed by atoms with Crippen molar-refractivity contribution in [1.29, 1.82) is 0 Å². The van der Waals surface area contributed by atoms with Crippen molar-refractivity contribution < 1.29 is 4.92 Å². The average molecular weight is 194 g/mol. The summed E-state index contributed by atoms with van der Waals surface area (Å²) in [5.41, 5.74) is 5.92. The van der Waals surface area contributed by atoms with Gasteiger partial charge < -0.3 is 10.7 Å². The average Bonchev–Trinajstić information content (AvgIpc) is 2.70. The molecular weight excluding hydrogens is 188 g/mol. The first-order chi connectivity index (χ1) is 6.68. The highest BCUT2D eigenvalue weighted by Gasteiger charge is 2.18. The predicted octanol–water partition coefficient (Wildman–Crippen LogP) is 0.290. The third kappa shape index (κ3) is 1.18. The molecule has 0 fully saturated rings. The normalized spacial score (nSPS) is 10.3. The third-order valence-electron chi connectivity index (χ3n) is 1.68. The smallest absolute Gasteiger partial charge is 0.316 e. The van der Waals surface area contributed by atoms with Crippen molar-refractivity contribution in [1.82, 2.24) is 20.2 Å². The third-order valence-corrected chi connectivity index (χ3v) is 1.68. The molecule has 0 unspecified atom stereocenters. The van der Waals surface area contributed by atoms with Gasteiger partial charge in [0.2, 0.25) is 0 Å². The topological polar surface area (TPSA) is 127 Å². The zero-order valence-electron chi connectivity index (χ0n) is 6.89. The Morgan fingerprint density at radius 1 is 1.50 bits per heavy atom. The molecule has 0 atom stereocenters. The van der Waals surface area contributed by atoms with Crippen LogP contribution in [-0.2, 0) is 0 Å². The number of nitrogens with zero attached hydrogens (tertiary/aromatic N) is 3. The quantitative estimate of drug-likeness (QED) is 0.467. The number of nitrogens with two attached hydrogens (primary N) is 1. The number of anilines is 1. The minimum absolute atomic E-state index is 0.117. The maximum absolute atomic E-state index is 10.5. The summed E-state index contributed by atoms with van der Waals surface area (Å²) in [5, 5.41) is 16.6. The van der Waals surface area contributed by atoms with Crippen molar-refractivity contribution in [2.24, 2.45) is 0 Å². The summed E-state index contributed by atoms with van der Waals surface area (Å²) < 4.78 is 0. The lowest BCUT2D eigenvalue weighted by Gasteiger charge is -1.90. The summed E-state index contributed by atoms with van der Waals surface area (Å²) in [6.45, 7) is 0. The van der Waals surface area contributed by atoms with E-state index in [-0.39, 0.29) is 17.3 Å². The summed E-state index contributed by atoms with van der Waals surface area (Å²) in [6.07, 6.45) is 2.53. The molecule has 0 radical (unpaired) electrons. The van der Waals surface area contributed by atoms with Crippen LogP contribution < -0.4 is 5.73 Å². The van der Waals surface area contributed by atoms with Crippen molar-refractivity contribution >= 4 is 11.6 Å². The van der Waals surface area contributed by atoms with Crippen LogP contribution in [0, 0.1) is 10.1 Å². The molecule has 2 heterocycles. The molecule has 0 aliphatic carbocycles. The fraction of sp³-hybridized carbons (Fsp3) is 0. The molecule has 8 nitrogen and oxygen atoms in total. The van der Waals surface area contributed by atoms with Crippen LogP contribution >= 0.6 is 0 Å². The van der Waals surface area contributed by atoms with Gasteiger partial charge in [0, 0.05) is 0 Å². The Labute approximate surface area is 77.3 Å². The number of hydrogen-bond acceptors (Lipinski definition) is 5. The van der Waals surface area contributed by atoms with Crippen LogP contribution in [0.15, 0.2) is 12.4 Å². The molecule has 2 rings (SSSR count). The lowest BCUT2D eigenvalue weighted by Crippen LogP contribution is -1.90. The molecule has 0 spiro atoms. The van der Waals surface area contributed by atoms with Crippen LogP contribution in [0.1, 0.15) is 0 Å². The summed E-state index contributed by atoms with van der Waals surface area (Å²) in [5.74, 6) is 0.198. The number of nitrogen functional groups attached to an aromatic ring is 1. The van der Waals surface area contributed by atoms with E-state index in [1.54, 1.807) is 0 Å². The predicted molar refractivity (Wildman–Crippen MR) is 47.2 cm³/mol. The van der Waals surface area contributed by atoms with Gasteiger partial charge in [0.05, 0.1) is 16.8 Å². The molecule has 14 heavy (non-hydrogen) atoms. The van der Waals surface area contributed by atoms with Crippen molar-refractivity contribution in [2.45, 2.75) is 0 Å². The van der Waals surface area contributed by atoms with Gasteiger partial charge in [-0.1, -0.05) is 0 Å². The SMILES string of the molecule is Nc1ncc(-c2[nH]ncc2[N+](=O)[O-])[nH]1. The molecule has 4 N–H and O–H groups in total. The molecule has 0 saturated heterocycles. The van der Waals surface area contributed by atoms with Crippen molar-refractivity contribution in [3.05, 3.63) is 22.5 Å². The van der Waals surface area contributed by atoms with Crippen LogP contribution in [0.4, 0.5) is 11.6 Å². The highest BCUT2D eigenvalue weighted by atomic mass is 16.6. The number of rotatable bonds is 2. The first-order valence-corrected chi connectivity index (χ1v) is 3.67. The second-order valence-electron chi connectivity index (χ2n) is 2.57. The zero-order valence-corrected chi connectivity index (χ0v) is 6.89. The standard InChI is InChI=1S/C6H6N6O2/c7-6-8-1-3(10-6)5-4(12(13)14)2-9-11-5/h1-2H,(H,9,11)(H3,7,8,10). The van der Waals surface area contributed by atoms with Gasteiger partial charge in [0.1, 0.15) is 6.20 Å². The lowest BCUT2D eigenvalue weighted by atomic mass is 10.3. The Kier molecular flexibility index (Phi) is 1.67. The number of aromatic amines is 2. The highest BCUT2D eigenvalue weighted by molar-refractivity contribution is 5.65. The molecule has 8 heteroatoms. The molecule has 0 aliphatic heterocycles. The molecule has 0 aliphatic rings. The number of nitrogens with one attached hydrogen (secondary N) is 2. The maximum atomic E-state index is 10.5. The fourth-order valence-electron chi connectivity index (χ4n) is 1.08. The van der Waals surface area contributed by atoms with Crippen molar-refractivity contribution in [2.75, 3.05) is 5.73 Å². The van der Waals surface area contributed by atoms with E-state index < -0.39 is 4.92 Å². The van der Waals surface area contributed by atoms with Gasteiger partial charge in [0.15, 0.2) is 11.6 Å². The van der Waals surface area contributed by atoms with Crippen LogP contribution in [0.25, 0.3) is 11.4 Å². The number of aromatic nitrogens is 4. The van der Waals surface area contributed by atoms with Crippen LogP contribution in [0.2, 0.25) is 0 Å². The molecule has 0 amide bonds. The molecular formula is C6H6N6O2. The minimum Gasteiger partial charge on any atom is -0.369 e. The summed E-state index contributed by atoms with van der Waals surface area (Å²) >= 11 is 0. The van der Waals surface area contributed by atoms with E-state index in [1.165, 1.54) is 6.20 Å². The Morgan fingerprint density at radius 2 is 2.29 bits per heavy atom. The maximum Gasteiger partial charge on any atom is 0.316 e. The summed E-state index contributed by atoms with van der Waals surface area (Å²) in [4.78, 5) is 16.4. The Hall–Kier alpha value is -2.38. The highest BCUT2D eigenvalue weighted by Crippen LogP contribution is 2.25. The van der Waals surface area contributed by atoms with E-state index in [2.05, 4.69) is 20.2 Å². The number of hydrogen-bond donors (Lipinski definition) is 3. The summed E-state index contributed by atoms with van der Waals surface area (Å²) in [6, 6.07) is 0. The van der Waals surface area contributed by atoms with E-state index in [0.29, 0.717) is 5.69 Å². The van der Waals surface area contributed by atoms with Crippen molar-refractivity contribution in [3.8, 4) is 11.4 Å². The van der Waals surface area contributed by atoms with Gasteiger partial charge in [0.25, 0.3) is 0 Å². The number of nitro groups is 1. The van der Waals surface area contributed by atoms with Gasteiger partial charge in [-0.05, 0) is 0 Å². The second-order valence-corrected chi connectivity index (χ2v) is 2.57. The second kappa shape index (κ2) is 2.83. The van der Waals surface area contributed by atoms with Gasteiger partial charge >= 0.3 is 5.69 Å². The minimum atomic E-state index is -0.532. The Balaban J connectivity index is 2.51. The van der Waals surface area contributed by atoms with Gasteiger partial charge in [-0.15, -0.1) is 0 Å². The van der Waals surface area contributed by atoms with Crippen LogP contribution in [0.3, 0.4) is 0 Å². The van der Waals surface area contributed by atoms with E-state index in [9.17, 15) is 10.1 Å². The van der Waals surface area contributed by atoms with E-state index in [0.717, 1.165) is 6.20 Å².